The molecule has 1 aliphatic rings. The molecule has 0 aliphatic heterocycles. The van der Waals surface area contributed by atoms with Crippen molar-refractivity contribution in [2.45, 2.75) is 127 Å². The van der Waals surface area contributed by atoms with E-state index in [1.807, 2.05) is 0 Å². The molecule has 4 bridgehead atoms. The van der Waals surface area contributed by atoms with E-state index in [-0.39, 0.29) is 32.6 Å². The molecule has 2 aromatic rings. The molecule has 0 N–H and O–H groups in total. The predicted molar refractivity (Wildman–Crippen MR) is 216 cm³/mol. The van der Waals surface area contributed by atoms with Crippen molar-refractivity contribution in [2.75, 3.05) is 25.0 Å². The van der Waals surface area contributed by atoms with Crippen LogP contribution in [0.1, 0.15) is 96.5 Å². The molecule has 2 unspecified atom stereocenters. The van der Waals surface area contributed by atoms with Crippen LogP contribution in [0.3, 0.4) is 0 Å². The molecule has 0 saturated heterocycles. The first-order valence-electron chi connectivity index (χ1n) is 17.2. The maximum absolute atomic E-state index is 9.75. The second kappa shape index (κ2) is 17.1. The largest absolute Gasteiger partial charge is 0.673 e. The van der Waals surface area contributed by atoms with Crippen LogP contribution in [0.2, 0.25) is 39.3 Å². The highest BCUT2D eigenvalue weighted by atomic mass is 32.2. The second-order valence-corrected chi connectivity index (χ2v) is 34.1. The summed E-state index contributed by atoms with van der Waals surface area (Å²) in [6.07, 6.45) is 12.5. The Morgan fingerprint density at radius 2 is 0.800 bits per heavy atom. The van der Waals surface area contributed by atoms with Crippen LogP contribution in [0.25, 0.3) is 0 Å². The van der Waals surface area contributed by atoms with E-state index >= 15 is 0 Å². The lowest BCUT2D eigenvalue weighted by molar-refractivity contribution is 0.366. The Balaban J connectivity index is 0.00000109. The predicted octanol–water partition coefficient (Wildman–Crippen LogP) is 12.4. The van der Waals surface area contributed by atoms with E-state index in [9.17, 15) is 34.5 Å². The molecule has 1 aliphatic carbocycles. The minimum absolute atomic E-state index is 0.150. The molecule has 2 aromatic carbocycles. The Kier molecular flexibility index (Phi) is 16.1. The van der Waals surface area contributed by atoms with Crippen LogP contribution in [0.5, 0.6) is 0 Å². The molecule has 0 fully saturated rings. The molecule has 14 heteroatoms. The van der Waals surface area contributed by atoms with Gasteiger partial charge in [0.05, 0.1) is 25.0 Å². The zero-order valence-electron chi connectivity index (χ0n) is 33.3. The van der Waals surface area contributed by atoms with E-state index in [0.29, 0.717) is 10.5 Å². The first-order valence-corrected chi connectivity index (χ1v) is 28.8. The highest BCUT2D eigenvalue weighted by Gasteiger charge is 2.39. The van der Waals surface area contributed by atoms with Crippen molar-refractivity contribution in [3.05, 3.63) is 68.8 Å². The molecule has 0 heterocycles. The van der Waals surface area contributed by atoms with Crippen LogP contribution in [0, 0.1) is 0 Å². The van der Waals surface area contributed by atoms with Gasteiger partial charge < -0.3 is 34.5 Å². The van der Waals surface area contributed by atoms with Gasteiger partial charge in [-0.15, -0.1) is 0 Å². The van der Waals surface area contributed by atoms with Crippen molar-refractivity contribution in [2.24, 2.45) is 0 Å². The number of fused-ring (bicyclic) bond motifs is 4. The van der Waals surface area contributed by atoms with Crippen molar-refractivity contribution in [1.82, 2.24) is 0 Å². The molecule has 0 nitrogen and oxygen atoms in total. The van der Waals surface area contributed by atoms with Crippen LogP contribution in [-0.4, -0.2) is 55.7 Å². The van der Waals surface area contributed by atoms with Crippen LogP contribution in [0.4, 0.5) is 34.5 Å². The monoisotopic (exact) mass is 788 g/mol. The molecular formula is C36H62B2F8S2Si2. The summed E-state index contributed by atoms with van der Waals surface area (Å²) in [5.41, 5.74) is 13.6. The summed E-state index contributed by atoms with van der Waals surface area (Å²) in [6.45, 7) is 29.9. The fraction of sp³-hybridized carbons (Fsp3) is 0.667. The zero-order chi connectivity index (χ0) is 39.6. The fourth-order valence-corrected chi connectivity index (χ4v) is 11.7. The minimum Gasteiger partial charge on any atom is -0.418 e. The van der Waals surface area contributed by atoms with Crippen molar-refractivity contribution in [3.8, 4) is 0 Å². The summed E-state index contributed by atoms with van der Waals surface area (Å²) in [5, 5.41) is 1.15. The van der Waals surface area contributed by atoms with Gasteiger partial charge in [-0.25, -0.2) is 0 Å². The van der Waals surface area contributed by atoms with Crippen LogP contribution in [0.15, 0.2) is 24.3 Å². The first kappa shape index (κ1) is 47.2. The van der Waals surface area contributed by atoms with Crippen LogP contribution < -0.4 is 0 Å². The van der Waals surface area contributed by atoms with E-state index in [2.05, 4.69) is 130 Å². The van der Waals surface area contributed by atoms with Gasteiger partial charge in [-0.1, -0.05) is 93.0 Å². The highest BCUT2D eigenvalue weighted by molar-refractivity contribution is 7.96. The topological polar surface area (TPSA) is 0 Å². The second-order valence-electron chi connectivity index (χ2n) is 18.5. The average Bonchev–Trinajstić information content (AvgIpc) is 2.81. The average molecular weight is 789 g/mol. The summed E-state index contributed by atoms with van der Waals surface area (Å²) >= 11 is 0. The number of hydrogen-bond donors (Lipinski definition) is 0. The first-order chi connectivity index (χ1) is 22.0. The van der Waals surface area contributed by atoms with E-state index in [1.54, 1.807) is 38.9 Å². The summed E-state index contributed by atoms with van der Waals surface area (Å²) in [7, 11) is -14.1. The summed E-state index contributed by atoms with van der Waals surface area (Å²) in [4.78, 5) is 0. The number of hydrogen-bond acceptors (Lipinski definition) is 0. The molecule has 0 radical (unpaired) electrons. The van der Waals surface area contributed by atoms with Gasteiger partial charge in [0.2, 0.25) is 0 Å². The summed E-state index contributed by atoms with van der Waals surface area (Å²) in [6, 6.07) is 13.3. The molecular weight excluding hydrogens is 726 g/mol. The van der Waals surface area contributed by atoms with Gasteiger partial charge in [0.25, 0.3) is 0 Å². The van der Waals surface area contributed by atoms with Gasteiger partial charge in [-0.2, -0.15) is 0 Å². The quantitative estimate of drug-likeness (QED) is 0.155. The molecule has 288 valence electrons. The van der Waals surface area contributed by atoms with Gasteiger partial charge in [-0.3, -0.25) is 0 Å². The molecule has 0 amide bonds. The lowest BCUT2D eigenvalue weighted by atomic mass is 9.78. The standard InChI is InChI=1S/C36H62S2Si2.2BF4/c1-35(2,3)27-17-25-19-33(37(7)8)29-21-28(36(4,5)6)22-30(32(29)24-40(14,15)16)34(38(9)10)20-26(18-27)31(25)23-39(11,12)13;2*2-1(3,4)5/h17-18,21-22,33-34H,19-20,23-24H2,1-16H3;;/q+2;2*-1. The van der Waals surface area contributed by atoms with Crippen LogP contribution >= 0.6 is 0 Å². The lowest BCUT2D eigenvalue weighted by Crippen LogP contribution is -2.31. The third-order valence-electron chi connectivity index (χ3n) is 8.54. The molecule has 3 rings (SSSR count). The van der Waals surface area contributed by atoms with E-state index in [1.165, 1.54) is 30.5 Å². The Hall–Kier alpha value is -0.856. The molecule has 0 saturated carbocycles. The van der Waals surface area contributed by atoms with Crippen molar-refractivity contribution in [1.29, 1.82) is 0 Å². The van der Waals surface area contributed by atoms with E-state index in [0.717, 1.165) is 0 Å². The van der Waals surface area contributed by atoms with E-state index in [4.69, 9.17) is 0 Å². The third-order valence-corrected chi connectivity index (χ3v) is 14.5. The Labute approximate surface area is 306 Å². The van der Waals surface area contributed by atoms with Gasteiger partial charge >= 0.3 is 14.5 Å². The normalized spacial score (nSPS) is 17.6. The van der Waals surface area contributed by atoms with Gasteiger partial charge in [0.15, 0.2) is 0 Å². The van der Waals surface area contributed by atoms with Gasteiger partial charge in [0.1, 0.15) is 10.5 Å². The van der Waals surface area contributed by atoms with Gasteiger partial charge in [-0.05, 0) is 90.2 Å². The smallest absolute Gasteiger partial charge is 0.418 e. The van der Waals surface area contributed by atoms with Crippen molar-refractivity contribution in [3.63, 3.8) is 0 Å². The van der Waals surface area contributed by atoms with Crippen molar-refractivity contribution >= 4 is 52.4 Å². The van der Waals surface area contributed by atoms with Crippen LogP contribution in [-0.2, 0) is 57.5 Å². The number of benzene rings is 2. The maximum Gasteiger partial charge on any atom is 0.673 e. The Morgan fingerprint density at radius 3 is 1.04 bits per heavy atom. The molecule has 2 atom stereocenters. The maximum atomic E-state index is 9.75. The third kappa shape index (κ3) is 16.9. The number of halogens is 8. The summed E-state index contributed by atoms with van der Waals surface area (Å²) < 4.78 is 78.0. The zero-order valence-corrected chi connectivity index (χ0v) is 36.9. The highest BCUT2D eigenvalue weighted by Crippen LogP contribution is 2.44. The van der Waals surface area contributed by atoms with Crippen molar-refractivity contribution < 1.29 is 34.5 Å². The van der Waals surface area contributed by atoms with E-state index < -0.39 is 30.7 Å². The minimum atomic E-state index is -6.00. The molecule has 50 heavy (non-hydrogen) atoms. The fourth-order valence-electron chi connectivity index (χ4n) is 6.27. The molecule has 0 aromatic heterocycles. The van der Waals surface area contributed by atoms with Gasteiger partial charge in [0, 0.05) is 40.1 Å². The Bertz CT molecular complexity index is 1330. The number of rotatable bonds is 6. The SMILES string of the molecule is C[S+](C)C1Cc2cc(C(C)(C)C)cc(c2C[Si](C)(C)C)CC([S+](C)C)c2cc(C(C)(C)C)cc1c2C[Si](C)(C)C.F[B-](F)(F)F.F[B-](F)(F)F. The summed E-state index contributed by atoms with van der Waals surface area (Å²) in [5.74, 6) is 0. The molecule has 0 spiro atoms. The Morgan fingerprint density at radius 1 is 0.540 bits per heavy atom. The lowest BCUT2D eigenvalue weighted by Gasteiger charge is -2.34.